The number of methoxy groups -OCH3 is 1. The van der Waals surface area contributed by atoms with Gasteiger partial charge in [-0.25, -0.2) is 0 Å². The third kappa shape index (κ3) is 4.58. The fraction of sp³-hybridized carbons (Fsp3) is 0.647. The van der Waals surface area contributed by atoms with Crippen LogP contribution in [0.3, 0.4) is 0 Å². The molecule has 1 aromatic rings. The number of nitrogens with zero attached hydrogens (tertiary/aromatic N) is 1. The van der Waals surface area contributed by atoms with E-state index in [1.54, 1.807) is 7.11 Å². The van der Waals surface area contributed by atoms with Gasteiger partial charge in [-0.05, 0) is 25.3 Å². The monoisotopic (exact) mass is 279 g/mol. The number of aliphatic hydroxyl groups is 1. The second kappa shape index (κ2) is 8.40. The maximum atomic E-state index is 10.8. The van der Waals surface area contributed by atoms with Crippen molar-refractivity contribution in [1.82, 2.24) is 4.90 Å². The highest BCUT2D eigenvalue weighted by Crippen LogP contribution is 2.27. The summed E-state index contributed by atoms with van der Waals surface area (Å²) in [5.41, 5.74) is 0.981. The molecule has 3 nitrogen and oxygen atoms in total. The van der Waals surface area contributed by atoms with Gasteiger partial charge in [-0.2, -0.15) is 0 Å². The third-order valence-corrected chi connectivity index (χ3v) is 3.75. The van der Waals surface area contributed by atoms with Crippen LogP contribution in [0.1, 0.15) is 39.4 Å². The van der Waals surface area contributed by atoms with Crippen LogP contribution < -0.4 is 0 Å². The molecule has 0 spiro atoms. The molecule has 1 aromatic carbocycles. The molecule has 0 saturated heterocycles. The Labute approximate surface area is 123 Å². The van der Waals surface area contributed by atoms with Gasteiger partial charge in [0.1, 0.15) is 0 Å². The molecule has 1 rings (SSSR count). The van der Waals surface area contributed by atoms with E-state index >= 15 is 0 Å². The summed E-state index contributed by atoms with van der Waals surface area (Å²) in [6.07, 6.45) is -0.476. The number of ether oxygens (including phenoxy) is 1. The Morgan fingerprint density at radius 1 is 1.10 bits per heavy atom. The molecule has 0 aromatic heterocycles. The average molecular weight is 279 g/mol. The van der Waals surface area contributed by atoms with Gasteiger partial charge in [0.05, 0.1) is 12.7 Å². The Morgan fingerprint density at radius 2 is 1.70 bits per heavy atom. The molecule has 1 N–H and O–H groups in total. The lowest BCUT2D eigenvalue weighted by Crippen LogP contribution is -2.48. The number of aliphatic hydroxyl groups excluding tert-OH is 1. The third-order valence-electron chi connectivity index (χ3n) is 3.75. The van der Waals surface area contributed by atoms with Crippen molar-refractivity contribution in [2.75, 3.05) is 20.3 Å². The molecule has 0 fully saturated rings. The van der Waals surface area contributed by atoms with Gasteiger partial charge in [-0.1, -0.05) is 44.2 Å². The Kier molecular flexibility index (Phi) is 7.20. The van der Waals surface area contributed by atoms with Crippen LogP contribution in [0, 0.1) is 5.92 Å². The molecule has 0 saturated carbocycles. The fourth-order valence-electron chi connectivity index (χ4n) is 2.72. The maximum absolute atomic E-state index is 10.8. The topological polar surface area (TPSA) is 32.7 Å². The van der Waals surface area contributed by atoms with Gasteiger partial charge >= 0.3 is 0 Å². The van der Waals surface area contributed by atoms with Crippen molar-refractivity contribution in [3.63, 3.8) is 0 Å². The van der Waals surface area contributed by atoms with Gasteiger partial charge in [-0.3, -0.25) is 4.90 Å². The molecular formula is C17H29NO2. The lowest BCUT2D eigenvalue weighted by molar-refractivity contribution is -0.00614. The van der Waals surface area contributed by atoms with E-state index in [2.05, 4.69) is 32.6 Å². The SMILES string of the molecule is COCCN(C(C)C)C(C(C)C)C(O)c1ccccc1. The summed E-state index contributed by atoms with van der Waals surface area (Å²) in [4.78, 5) is 2.34. The zero-order chi connectivity index (χ0) is 15.1. The normalized spacial score (nSPS) is 15.1. The van der Waals surface area contributed by atoms with E-state index in [-0.39, 0.29) is 6.04 Å². The van der Waals surface area contributed by atoms with Crippen molar-refractivity contribution in [3.8, 4) is 0 Å². The smallest absolute Gasteiger partial charge is 0.0947 e. The summed E-state index contributed by atoms with van der Waals surface area (Å²) in [6.45, 7) is 10.2. The van der Waals surface area contributed by atoms with Crippen LogP contribution in [0.4, 0.5) is 0 Å². The molecular weight excluding hydrogens is 250 g/mol. The van der Waals surface area contributed by atoms with Gasteiger partial charge in [0.15, 0.2) is 0 Å². The quantitative estimate of drug-likeness (QED) is 0.793. The van der Waals surface area contributed by atoms with Gasteiger partial charge in [-0.15, -0.1) is 0 Å². The van der Waals surface area contributed by atoms with Gasteiger partial charge < -0.3 is 9.84 Å². The minimum Gasteiger partial charge on any atom is -0.387 e. The molecule has 0 aliphatic rings. The minimum atomic E-state index is -0.476. The first-order valence-corrected chi connectivity index (χ1v) is 7.46. The van der Waals surface area contributed by atoms with Crippen molar-refractivity contribution in [2.45, 2.75) is 45.9 Å². The first-order valence-electron chi connectivity index (χ1n) is 7.46. The highest BCUT2D eigenvalue weighted by Gasteiger charge is 2.31. The largest absolute Gasteiger partial charge is 0.387 e. The lowest BCUT2D eigenvalue weighted by Gasteiger charge is -2.40. The molecule has 2 unspecified atom stereocenters. The molecule has 20 heavy (non-hydrogen) atoms. The minimum absolute atomic E-state index is 0.0903. The number of hydrogen-bond acceptors (Lipinski definition) is 3. The highest BCUT2D eigenvalue weighted by atomic mass is 16.5. The van der Waals surface area contributed by atoms with E-state index in [9.17, 15) is 5.11 Å². The van der Waals surface area contributed by atoms with Crippen molar-refractivity contribution < 1.29 is 9.84 Å². The molecule has 0 aliphatic heterocycles. The summed E-state index contributed by atoms with van der Waals surface area (Å²) in [5.74, 6) is 0.365. The summed E-state index contributed by atoms with van der Waals surface area (Å²) in [5, 5.41) is 10.8. The molecule has 0 heterocycles. The first kappa shape index (κ1) is 17.2. The first-order chi connectivity index (χ1) is 9.49. The van der Waals surface area contributed by atoms with Crippen LogP contribution in [0.15, 0.2) is 30.3 Å². The summed E-state index contributed by atoms with van der Waals surface area (Å²) < 4.78 is 5.21. The standard InChI is InChI=1S/C17H29NO2/c1-13(2)16(18(14(3)4)11-12-20-5)17(19)15-9-7-6-8-10-15/h6-10,13-14,16-17,19H,11-12H2,1-5H3. The maximum Gasteiger partial charge on any atom is 0.0947 e. The summed E-state index contributed by atoms with van der Waals surface area (Å²) in [6, 6.07) is 10.4. The van der Waals surface area contributed by atoms with E-state index in [0.717, 1.165) is 12.1 Å². The van der Waals surface area contributed by atoms with Crippen LogP contribution in [-0.4, -0.2) is 42.4 Å². The Morgan fingerprint density at radius 3 is 2.15 bits per heavy atom. The van der Waals surface area contributed by atoms with E-state index in [4.69, 9.17) is 4.74 Å². The predicted molar refractivity (Wildman–Crippen MR) is 83.7 cm³/mol. The van der Waals surface area contributed by atoms with E-state index < -0.39 is 6.10 Å². The van der Waals surface area contributed by atoms with Crippen molar-refractivity contribution >= 4 is 0 Å². The second-order valence-corrected chi connectivity index (χ2v) is 5.91. The molecule has 0 aliphatic carbocycles. The van der Waals surface area contributed by atoms with Crippen molar-refractivity contribution in [3.05, 3.63) is 35.9 Å². The van der Waals surface area contributed by atoms with E-state index in [1.807, 2.05) is 30.3 Å². The van der Waals surface area contributed by atoms with Crippen LogP contribution in [0.2, 0.25) is 0 Å². The highest BCUT2D eigenvalue weighted by molar-refractivity contribution is 5.19. The number of benzene rings is 1. The Hall–Kier alpha value is -0.900. The average Bonchev–Trinajstić information content (AvgIpc) is 2.43. The predicted octanol–water partition coefficient (Wildman–Crippen LogP) is 3.10. The molecule has 0 amide bonds. The Balaban J connectivity index is 2.96. The van der Waals surface area contributed by atoms with E-state index in [1.165, 1.54) is 0 Å². The second-order valence-electron chi connectivity index (χ2n) is 5.91. The Bertz CT molecular complexity index is 365. The number of hydrogen-bond donors (Lipinski definition) is 1. The molecule has 0 radical (unpaired) electrons. The zero-order valence-electron chi connectivity index (χ0n) is 13.4. The van der Waals surface area contributed by atoms with Gasteiger partial charge in [0.2, 0.25) is 0 Å². The van der Waals surface area contributed by atoms with Crippen molar-refractivity contribution in [1.29, 1.82) is 0 Å². The van der Waals surface area contributed by atoms with Crippen LogP contribution in [0.5, 0.6) is 0 Å². The molecule has 3 heteroatoms. The summed E-state index contributed by atoms with van der Waals surface area (Å²) >= 11 is 0. The molecule has 114 valence electrons. The van der Waals surface area contributed by atoms with E-state index in [0.29, 0.717) is 18.6 Å². The van der Waals surface area contributed by atoms with Crippen LogP contribution >= 0.6 is 0 Å². The fourth-order valence-corrected chi connectivity index (χ4v) is 2.72. The molecule has 0 bridgehead atoms. The van der Waals surface area contributed by atoms with Crippen LogP contribution in [-0.2, 0) is 4.74 Å². The van der Waals surface area contributed by atoms with Gasteiger partial charge in [0, 0.05) is 25.7 Å². The zero-order valence-corrected chi connectivity index (χ0v) is 13.4. The number of rotatable bonds is 8. The summed E-state index contributed by atoms with van der Waals surface area (Å²) in [7, 11) is 1.72. The lowest BCUT2D eigenvalue weighted by atomic mass is 9.91. The molecule has 2 atom stereocenters. The van der Waals surface area contributed by atoms with Gasteiger partial charge in [0.25, 0.3) is 0 Å². The van der Waals surface area contributed by atoms with Crippen LogP contribution in [0.25, 0.3) is 0 Å². The van der Waals surface area contributed by atoms with Crippen molar-refractivity contribution in [2.24, 2.45) is 5.92 Å².